The van der Waals surface area contributed by atoms with E-state index in [0.29, 0.717) is 0 Å². The molecular weight excluding hydrogens is 269 g/mol. The zero-order valence-corrected chi connectivity index (χ0v) is 11.3. The fraction of sp³-hybridized carbons (Fsp3) is 0.231. The van der Waals surface area contributed by atoms with Crippen molar-refractivity contribution < 1.29 is 19.0 Å². The predicted octanol–water partition coefficient (Wildman–Crippen LogP) is 3.18. The molecule has 0 radical (unpaired) electrons. The van der Waals surface area contributed by atoms with E-state index < -0.39 is 11.8 Å². The first kappa shape index (κ1) is 13.5. The lowest BCUT2D eigenvalue weighted by Gasteiger charge is -2.07. The molecule has 0 aliphatic carbocycles. The normalized spacial score (nSPS) is 10.5. The second-order valence-corrected chi connectivity index (χ2v) is 5.27. The second kappa shape index (κ2) is 5.36. The highest BCUT2D eigenvalue weighted by atomic mass is 32.1. The van der Waals surface area contributed by atoms with Gasteiger partial charge in [-0.3, -0.25) is 0 Å². The Balaban J connectivity index is 2.19. The Kier molecular flexibility index (Phi) is 3.80. The topological polar surface area (TPSA) is 59.4 Å². The van der Waals surface area contributed by atoms with Crippen LogP contribution in [0.1, 0.15) is 25.9 Å². The van der Waals surface area contributed by atoms with Gasteiger partial charge in [0.1, 0.15) is 28.7 Å². The molecule has 1 aromatic carbocycles. The number of thiazole rings is 1. The lowest BCUT2D eigenvalue weighted by molar-refractivity contribution is 0.0691. The summed E-state index contributed by atoms with van der Waals surface area (Å²) in [5.41, 5.74) is 0.854. The number of hydrogen-bond donors (Lipinski definition) is 1. The largest absolute Gasteiger partial charge is 0.485 e. The Morgan fingerprint density at radius 3 is 2.79 bits per heavy atom. The van der Waals surface area contributed by atoms with E-state index >= 15 is 0 Å². The minimum absolute atomic E-state index is 0.0120. The summed E-state index contributed by atoms with van der Waals surface area (Å²) in [5, 5.41) is 9.72. The van der Waals surface area contributed by atoms with Crippen LogP contribution in [-0.4, -0.2) is 16.1 Å². The summed E-state index contributed by atoms with van der Waals surface area (Å²) in [6, 6.07) is 3.34. The number of hydrogen-bond acceptors (Lipinski definition) is 4. The van der Waals surface area contributed by atoms with Gasteiger partial charge >= 0.3 is 5.97 Å². The standard InChI is InChI=1S/C13H12FNO3S/c1-7-8(2)19-12(15-7)6-18-11-5-9(14)3-4-10(11)13(16)17/h3-5H,6H2,1-2H3,(H,16,17). The smallest absolute Gasteiger partial charge is 0.339 e. The van der Waals surface area contributed by atoms with Gasteiger partial charge in [0.05, 0.1) is 5.69 Å². The summed E-state index contributed by atoms with van der Waals surface area (Å²) in [6.45, 7) is 3.96. The lowest BCUT2D eigenvalue weighted by Crippen LogP contribution is -2.03. The van der Waals surface area contributed by atoms with E-state index in [9.17, 15) is 9.18 Å². The van der Waals surface area contributed by atoms with E-state index in [1.807, 2.05) is 13.8 Å². The number of carbonyl (C=O) groups is 1. The molecule has 0 fully saturated rings. The van der Waals surface area contributed by atoms with Crippen LogP contribution in [0.15, 0.2) is 18.2 Å². The van der Waals surface area contributed by atoms with Crippen molar-refractivity contribution in [3.63, 3.8) is 0 Å². The molecule has 1 heterocycles. The van der Waals surface area contributed by atoms with E-state index in [4.69, 9.17) is 9.84 Å². The van der Waals surface area contributed by atoms with Gasteiger partial charge in [0.2, 0.25) is 0 Å². The zero-order valence-electron chi connectivity index (χ0n) is 10.4. The molecule has 0 saturated carbocycles. The molecule has 0 unspecified atom stereocenters. The van der Waals surface area contributed by atoms with Crippen LogP contribution in [-0.2, 0) is 6.61 Å². The maximum Gasteiger partial charge on any atom is 0.339 e. The Morgan fingerprint density at radius 2 is 2.21 bits per heavy atom. The molecule has 1 N–H and O–H groups in total. The minimum Gasteiger partial charge on any atom is -0.485 e. The van der Waals surface area contributed by atoms with Gasteiger partial charge in [-0.25, -0.2) is 14.2 Å². The number of aryl methyl sites for hydroxylation is 2. The highest BCUT2D eigenvalue weighted by Gasteiger charge is 2.13. The van der Waals surface area contributed by atoms with Gasteiger partial charge in [0, 0.05) is 10.9 Å². The Labute approximate surface area is 113 Å². The number of halogens is 1. The molecule has 4 nitrogen and oxygen atoms in total. The van der Waals surface area contributed by atoms with Crippen LogP contribution in [0.25, 0.3) is 0 Å². The molecule has 6 heteroatoms. The molecule has 0 aliphatic rings. The number of rotatable bonds is 4. The van der Waals surface area contributed by atoms with E-state index in [-0.39, 0.29) is 17.9 Å². The van der Waals surface area contributed by atoms with Crippen LogP contribution < -0.4 is 4.74 Å². The maximum absolute atomic E-state index is 13.1. The Morgan fingerprint density at radius 1 is 1.47 bits per heavy atom. The van der Waals surface area contributed by atoms with Gasteiger partial charge in [0.25, 0.3) is 0 Å². The number of nitrogens with zero attached hydrogens (tertiary/aromatic N) is 1. The lowest BCUT2D eigenvalue weighted by atomic mass is 10.2. The van der Waals surface area contributed by atoms with Crippen molar-refractivity contribution in [3.8, 4) is 5.75 Å². The molecule has 0 bridgehead atoms. The predicted molar refractivity (Wildman–Crippen MR) is 69.3 cm³/mol. The highest BCUT2D eigenvalue weighted by molar-refractivity contribution is 7.11. The average molecular weight is 281 g/mol. The highest BCUT2D eigenvalue weighted by Crippen LogP contribution is 2.23. The van der Waals surface area contributed by atoms with Crippen molar-refractivity contribution in [1.29, 1.82) is 0 Å². The zero-order chi connectivity index (χ0) is 14.0. The fourth-order valence-electron chi connectivity index (χ4n) is 1.53. The molecule has 100 valence electrons. The number of aromatic carboxylic acids is 1. The van der Waals surface area contributed by atoms with Crippen molar-refractivity contribution in [1.82, 2.24) is 4.98 Å². The van der Waals surface area contributed by atoms with E-state index in [1.54, 1.807) is 0 Å². The molecule has 19 heavy (non-hydrogen) atoms. The summed E-state index contributed by atoms with van der Waals surface area (Å²) in [4.78, 5) is 16.3. The van der Waals surface area contributed by atoms with Gasteiger partial charge in [-0.05, 0) is 26.0 Å². The number of carboxylic acids is 1. The van der Waals surface area contributed by atoms with Crippen molar-refractivity contribution in [2.24, 2.45) is 0 Å². The third kappa shape index (κ3) is 3.08. The van der Waals surface area contributed by atoms with Crippen molar-refractivity contribution in [3.05, 3.63) is 45.2 Å². The molecule has 0 atom stereocenters. The molecule has 1 aromatic heterocycles. The molecular formula is C13H12FNO3S. The summed E-state index contributed by atoms with van der Waals surface area (Å²) >= 11 is 1.47. The SMILES string of the molecule is Cc1nc(COc2cc(F)ccc2C(=O)O)sc1C. The van der Waals surface area contributed by atoms with Gasteiger partial charge in [-0.15, -0.1) is 11.3 Å². The summed E-state index contributed by atoms with van der Waals surface area (Å²) < 4.78 is 18.5. The van der Waals surface area contributed by atoms with Crippen LogP contribution >= 0.6 is 11.3 Å². The van der Waals surface area contributed by atoms with E-state index in [0.717, 1.165) is 27.7 Å². The molecule has 2 aromatic rings. The van der Waals surface area contributed by atoms with Crippen LogP contribution in [0.2, 0.25) is 0 Å². The summed E-state index contributed by atoms with van der Waals surface area (Å²) in [7, 11) is 0. The minimum atomic E-state index is -1.15. The first-order valence-corrected chi connectivity index (χ1v) is 6.37. The van der Waals surface area contributed by atoms with Crippen molar-refractivity contribution in [2.45, 2.75) is 20.5 Å². The fourth-order valence-corrected chi connectivity index (χ4v) is 2.38. The third-order valence-corrected chi connectivity index (χ3v) is 3.64. The third-order valence-electron chi connectivity index (χ3n) is 2.60. The Bertz CT molecular complexity index is 605. The summed E-state index contributed by atoms with van der Waals surface area (Å²) in [5.74, 6) is -1.67. The summed E-state index contributed by atoms with van der Waals surface area (Å²) in [6.07, 6.45) is 0. The number of aromatic nitrogens is 1. The monoisotopic (exact) mass is 281 g/mol. The molecule has 0 saturated heterocycles. The van der Waals surface area contributed by atoms with Crippen molar-refractivity contribution >= 4 is 17.3 Å². The van der Waals surface area contributed by atoms with Crippen LogP contribution in [0.3, 0.4) is 0 Å². The number of ether oxygens (including phenoxy) is 1. The van der Waals surface area contributed by atoms with Crippen molar-refractivity contribution in [2.75, 3.05) is 0 Å². The first-order valence-electron chi connectivity index (χ1n) is 5.56. The van der Waals surface area contributed by atoms with E-state index in [1.165, 1.54) is 17.4 Å². The van der Waals surface area contributed by atoms with Crippen LogP contribution in [0, 0.1) is 19.7 Å². The Hall–Kier alpha value is -1.95. The van der Waals surface area contributed by atoms with Crippen LogP contribution in [0.5, 0.6) is 5.75 Å². The average Bonchev–Trinajstić information content (AvgIpc) is 2.66. The molecule has 0 amide bonds. The van der Waals surface area contributed by atoms with Gasteiger partial charge < -0.3 is 9.84 Å². The van der Waals surface area contributed by atoms with Gasteiger partial charge in [-0.2, -0.15) is 0 Å². The second-order valence-electron chi connectivity index (χ2n) is 3.98. The molecule has 2 rings (SSSR count). The molecule has 0 spiro atoms. The first-order chi connectivity index (χ1) is 8.97. The number of benzene rings is 1. The quantitative estimate of drug-likeness (QED) is 0.935. The maximum atomic E-state index is 13.1. The number of carboxylic acid groups (broad SMARTS) is 1. The van der Waals surface area contributed by atoms with Crippen LogP contribution in [0.4, 0.5) is 4.39 Å². The van der Waals surface area contributed by atoms with E-state index in [2.05, 4.69) is 4.98 Å². The van der Waals surface area contributed by atoms with Gasteiger partial charge in [0.15, 0.2) is 0 Å². The molecule has 0 aliphatic heterocycles. The van der Waals surface area contributed by atoms with Gasteiger partial charge in [-0.1, -0.05) is 0 Å².